The van der Waals surface area contributed by atoms with Gasteiger partial charge in [0.2, 0.25) is 0 Å². The third-order valence-corrected chi connectivity index (χ3v) is 4.18. The van der Waals surface area contributed by atoms with E-state index < -0.39 is 5.60 Å². The average molecular weight is 227 g/mol. The highest BCUT2D eigenvalue weighted by Gasteiger charge is 2.40. The van der Waals surface area contributed by atoms with Gasteiger partial charge in [0, 0.05) is 25.6 Å². The zero-order valence-electron chi connectivity index (χ0n) is 10.5. The fourth-order valence-electron chi connectivity index (χ4n) is 3.05. The van der Waals surface area contributed by atoms with Crippen molar-refractivity contribution in [3.05, 3.63) is 0 Å². The van der Waals surface area contributed by atoms with E-state index in [1.54, 1.807) is 0 Å². The molecule has 2 rings (SSSR count). The molecule has 2 saturated heterocycles. The monoisotopic (exact) mass is 227 g/mol. The minimum absolute atomic E-state index is 0.380. The molecule has 0 aromatic heterocycles. The quantitative estimate of drug-likeness (QED) is 0.796. The van der Waals surface area contributed by atoms with E-state index in [9.17, 15) is 5.11 Å². The van der Waals surface area contributed by atoms with E-state index >= 15 is 0 Å². The fourth-order valence-corrected chi connectivity index (χ4v) is 3.05. The lowest BCUT2D eigenvalue weighted by Crippen LogP contribution is -2.51. The molecular formula is C13H25NO2. The number of rotatable bonds is 3. The predicted molar refractivity (Wildman–Crippen MR) is 64.5 cm³/mol. The van der Waals surface area contributed by atoms with Crippen molar-refractivity contribution in [3.63, 3.8) is 0 Å². The van der Waals surface area contributed by atoms with Gasteiger partial charge in [0.15, 0.2) is 0 Å². The molecule has 1 unspecified atom stereocenters. The first-order valence-electron chi connectivity index (χ1n) is 6.77. The van der Waals surface area contributed by atoms with Crippen molar-refractivity contribution in [2.75, 3.05) is 32.8 Å². The Morgan fingerprint density at radius 2 is 2.12 bits per heavy atom. The molecule has 94 valence electrons. The standard InChI is InChI=1S/C13H25NO2/c1-2-7-14-8-5-13(15,6-9-14)12-4-3-10-16-11-12/h12,15H,2-11H2,1H3. The van der Waals surface area contributed by atoms with Crippen LogP contribution in [0, 0.1) is 5.92 Å². The molecule has 0 saturated carbocycles. The summed E-state index contributed by atoms with van der Waals surface area (Å²) in [5.74, 6) is 0.380. The predicted octanol–water partition coefficient (Wildman–Crippen LogP) is 1.65. The van der Waals surface area contributed by atoms with Gasteiger partial charge in [0.25, 0.3) is 0 Å². The van der Waals surface area contributed by atoms with Gasteiger partial charge in [-0.15, -0.1) is 0 Å². The zero-order valence-corrected chi connectivity index (χ0v) is 10.5. The Kier molecular flexibility index (Phi) is 4.22. The summed E-state index contributed by atoms with van der Waals surface area (Å²) in [6.07, 6.45) is 5.34. The number of hydrogen-bond donors (Lipinski definition) is 1. The topological polar surface area (TPSA) is 32.7 Å². The van der Waals surface area contributed by atoms with E-state index in [-0.39, 0.29) is 0 Å². The second-order valence-electron chi connectivity index (χ2n) is 5.36. The van der Waals surface area contributed by atoms with Crippen molar-refractivity contribution in [2.45, 2.75) is 44.6 Å². The summed E-state index contributed by atoms with van der Waals surface area (Å²) in [5, 5.41) is 10.7. The van der Waals surface area contributed by atoms with E-state index in [2.05, 4.69) is 11.8 Å². The van der Waals surface area contributed by atoms with Gasteiger partial charge in [0.1, 0.15) is 0 Å². The Morgan fingerprint density at radius 1 is 1.38 bits per heavy atom. The Labute approximate surface area is 98.8 Å². The highest BCUT2D eigenvalue weighted by atomic mass is 16.5. The van der Waals surface area contributed by atoms with E-state index in [1.165, 1.54) is 13.0 Å². The molecule has 0 spiro atoms. The van der Waals surface area contributed by atoms with Crippen LogP contribution in [0.15, 0.2) is 0 Å². The molecule has 2 aliphatic rings. The lowest BCUT2D eigenvalue weighted by molar-refractivity contribution is -0.108. The molecule has 0 aromatic rings. The van der Waals surface area contributed by atoms with Crippen molar-refractivity contribution in [1.29, 1.82) is 0 Å². The highest BCUT2D eigenvalue weighted by molar-refractivity contribution is 4.92. The highest BCUT2D eigenvalue weighted by Crippen LogP contribution is 2.34. The first-order valence-corrected chi connectivity index (χ1v) is 6.77. The minimum Gasteiger partial charge on any atom is -0.389 e. The van der Waals surface area contributed by atoms with Crippen LogP contribution in [0.1, 0.15) is 39.0 Å². The van der Waals surface area contributed by atoms with Gasteiger partial charge in [0.05, 0.1) is 12.2 Å². The lowest BCUT2D eigenvalue weighted by Gasteiger charge is -2.44. The summed E-state index contributed by atoms with van der Waals surface area (Å²) in [4.78, 5) is 2.47. The van der Waals surface area contributed by atoms with Crippen LogP contribution in [0.3, 0.4) is 0 Å². The molecule has 2 fully saturated rings. The molecule has 16 heavy (non-hydrogen) atoms. The molecule has 2 heterocycles. The van der Waals surface area contributed by atoms with Gasteiger partial charge in [-0.05, 0) is 38.6 Å². The van der Waals surface area contributed by atoms with E-state index in [4.69, 9.17) is 4.74 Å². The van der Waals surface area contributed by atoms with Crippen molar-refractivity contribution >= 4 is 0 Å². The summed E-state index contributed by atoms with van der Waals surface area (Å²) in [6.45, 7) is 7.16. The number of aliphatic hydroxyl groups is 1. The molecule has 0 radical (unpaired) electrons. The van der Waals surface area contributed by atoms with Gasteiger partial charge < -0.3 is 14.7 Å². The molecule has 0 amide bonds. The van der Waals surface area contributed by atoms with Crippen LogP contribution in [0.5, 0.6) is 0 Å². The van der Waals surface area contributed by atoms with Crippen molar-refractivity contribution in [2.24, 2.45) is 5.92 Å². The number of nitrogens with zero attached hydrogens (tertiary/aromatic N) is 1. The largest absolute Gasteiger partial charge is 0.389 e. The van der Waals surface area contributed by atoms with Crippen molar-refractivity contribution < 1.29 is 9.84 Å². The van der Waals surface area contributed by atoms with Gasteiger partial charge in [-0.2, -0.15) is 0 Å². The SMILES string of the molecule is CCCN1CCC(O)(C2CCCOC2)CC1. The normalized spacial score (nSPS) is 31.5. The molecule has 1 atom stereocenters. The van der Waals surface area contributed by atoms with Gasteiger partial charge in [-0.1, -0.05) is 6.92 Å². The van der Waals surface area contributed by atoms with Crippen LogP contribution in [0.4, 0.5) is 0 Å². The summed E-state index contributed by atoms with van der Waals surface area (Å²) in [7, 11) is 0. The molecule has 2 aliphatic heterocycles. The zero-order chi connectivity index (χ0) is 11.4. The number of hydrogen-bond acceptors (Lipinski definition) is 3. The molecule has 1 N–H and O–H groups in total. The minimum atomic E-state index is -0.440. The summed E-state index contributed by atoms with van der Waals surface area (Å²) < 4.78 is 5.50. The summed E-state index contributed by atoms with van der Waals surface area (Å²) in [6, 6.07) is 0. The smallest absolute Gasteiger partial charge is 0.0722 e. The number of piperidine rings is 1. The van der Waals surface area contributed by atoms with Crippen LogP contribution in [0.25, 0.3) is 0 Å². The fraction of sp³-hybridized carbons (Fsp3) is 1.00. The second-order valence-corrected chi connectivity index (χ2v) is 5.36. The van der Waals surface area contributed by atoms with Crippen LogP contribution in [0.2, 0.25) is 0 Å². The van der Waals surface area contributed by atoms with Crippen molar-refractivity contribution in [3.8, 4) is 0 Å². The third-order valence-electron chi connectivity index (χ3n) is 4.18. The third kappa shape index (κ3) is 2.76. The van der Waals surface area contributed by atoms with E-state index in [0.29, 0.717) is 5.92 Å². The maximum absolute atomic E-state index is 10.7. The average Bonchev–Trinajstić information content (AvgIpc) is 2.34. The summed E-state index contributed by atoms with van der Waals surface area (Å²) >= 11 is 0. The van der Waals surface area contributed by atoms with Crippen LogP contribution < -0.4 is 0 Å². The number of likely N-dealkylation sites (tertiary alicyclic amines) is 1. The maximum Gasteiger partial charge on any atom is 0.0722 e. The van der Waals surface area contributed by atoms with E-state index in [1.807, 2.05) is 0 Å². The van der Waals surface area contributed by atoms with Crippen LogP contribution >= 0.6 is 0 Å². The first-order chi connectivity index (χ1) is 7.74. The van der Waals surface area contributed by atoms with Crippen LogP contribution in [-0.2, 0) is 4.74 Å². The Hall–Kier alpha value is -0.120. The first kappa shape index (κ1) is 12.3. The van der Waals surface area contributed by atoms with Crippen molar-refractivity contribution in [1.82, 2.24) is 4.90 Å². The molecular weight excluding hydrogens is 202 g/mol. The van der Waals surface area contributed by atoms with Gasteiger partial charge in [-0.3, -0.25) is 0 Å². The number of ether oxygens (including phenoxy) is 1. The molecule has 3 nitrogen and oxygen atoms in total. The Bertz CT molecular complexity index is 206. The maximum atomic E-state index is 10.7. The Balaban J connectivity index is 1.84. The molecule has 0 aromatic carbocycles. The van der Waals surface area contributed by atoms with Gasteiger partial charge >= 0.3 is 0 Å². The second kappa shape index (κ2) is 5.48. The van der Waals surface area contributed by atoms with Gasteiger partial charge in [-0.25, -0.2) is 0 Å². The molecule has 3 heteroatoms. The summed E-state index contributed by atoms with van der Waals surface area (Å²) in [5.41, 5.74) is -0.440. The lowest BCUT2D eigenvalue weighted by atomic mass is 9.77. The van der Waals surface area contributed by atoms with E-state index in [0.717, 1.165) is 52.0 Å². The van der Waals surface area contributed by atoms with Crippen LogP contribution in [-0.4, -0.2) is 48.5 Å². The molecule has 0 bridgehead atoms. The molecule has 0 aliphatic carbocycles. The Morgan fingerprint density at radius 3 is 2.69 bits per heavy atom.